The smallest absolute Gasteiger partial charge is 0.212 e. The minimum Gasteiger partial charge on any atom is -0.481 e. The first-order valence-electron chi connectivity index (χ1n) is 5.36. The fourth-order valence-electron chi connectivity index (χ4n) is 1.57. The minimum atomic E-state index is -3.50. The van der Waals surface area contributed by atoms with E-state index < -0.39 is 9.84 Å². The summed E-state index contributed by atoms with van der Waals surface area (Å²) in [5, 5.41) is 0. The third-order valence-corrected chi connectivity index (χ3v) is 4.27. The lowest BCUT2D eigenvalue weighted by molar-refractivity contribution is 0.397. The van der Waals surface area contributed by atoms with E-state index in [9.17, 15) is 8.42 Å². The number of rotatable bonds is 3. The summed E-state index contributed by atoms with van der Waals surface area (Å²) in [5.74, 6) is 0.387. The van der Waals surface area contributed by atoms with Gasteiger partial charge in [-0.25, -0.2) is 13.4 Å². The van der Waals surface area contributed by atoms with Crippen LogP contribution in [0.5, 0.6) is 5.88 Å². The molecule has 18 heavy (non-hydrogen) atoms. The summed E-state index contributed by atoms with van der Waals surface area (Å²) in [7, 11) is -2.02. The lowest BCUT2D eigenvalue weighted by Gasteiger charge is -2.05. The van der Waals surface area contributed by atoms with Gasteiger partial charge in [-0.1, -0.05) is 12.1 Å². The van der Waals surface area contributed by atoms with Gasteiger partial charge in [0.25, 0.3) is 0 Å². The standard InChI is InChI=1S/C13H13NO3S/c1-10-4-3-5-11(8-10)18(15,16)12-6-7-13(17-2)14-9-12/h3-9H,1-2H3. The van der Waals surface area contributed by atoms with Crippen molar-refractivity contribution in [1.82, 2.24) is 4.98 Å². The molecule has 0 atom stereocenters. The van der Waals surface area contributed by atoms with Gasteiger partial charge in [0, 0.05) is 12.3 Å². The molecular weight excluding hydrogens is 250 g/mol. The number of hydrogen-bond donors (Lipinski definition) is 0. The van der Waals surface area contributed by atoms with E-state index in [1.54, 1.807) is 18.2 Å². The number of benzene rings is 1. The van der Waals surface area contributed by atoms with Crippen molar-refractivity contribution >= 4 is 9.84 Å². The summed E-state index contributed by atoms with van der Waals surface area (Å²) in [4.78, 5) is 4.34. The molecule has 0 aliphatic heterocycles. The van der Waals surface area contributed by atoms with Crippen molar-refractivity contribution in [2.45, 2.75) is 16.7 Å². The molecule has 4 nitrogen and oxygen atoms in total. The Balaban J connectivity index is 2.47. The van der Waals surface area contributed by atoms with Crippen LogP contribution in [0, 0.1) is 6.92 Å². The molecule has 0 bridgehead atoms. The number of methoxy groups -OCH3 is 1. The topological polar surface area (TPSA) is 56.3 Å². The van der Waals surface area contributed by atoms with Crippen molar-refractivity contribution in [2.75, 3.05) is 7.11 Å². The Hall–Kier alpha value is -1.88. The third-order valence-electron chi connectivity index (χ3n) is 2.53. The number of nitrogens with zero attached hydrogens (tertiary/aromatic N) is 1. The van der Waals surface area contributed by atoms with Gasteiger partial charge in [-0.05, 0) is 30.7 Å². The molecule has 2 aromatic rings. The zero-order valence-electron chi connectivity index (χ0n) is 10.1. The van der Waals surface area contributed by atoms with E-state index in [-0.39, 0.29) is 9.79 Å². The molecule has 0 amide bonds. The van der Waals surface area contributed by atoms with Crippen LogP contribution in [-0.2, 0) is 9.84 Å². The summed E-state index contributed by atoms with van der Waals surface area (Å²) in [6.45, 7) is 1.85. The van der Waals surface area contributed by atoms with E-state index in [0.29, 0.717) is 5.88 Å². The molecule has 1 aromatic heterocycles. The lowest BCUT2D eigenvalue weighted by Crippen LogP contribution is -2.03. The van der Waals surface area contributed by atoms with Gasteiger partial charge in [0.15, 0.2) is 0 Å². The van der Waals surface area contributed by atoms with Gasteiger partial charge in [-0.2, -0.15) is 0 Å². The maximum Gasteiger partial charge on any atom is 0.212 e. The van der Waals surface area contributed by atoms with Gasteiger partial charge in [0.2, 0.25) is 15.7 Å². The summed E-state index contributed by atoms with van der Waals surface area (Å²) < 4.78 is 29.5. The average molecular weight is 263 g/mol. The molecule has 94 valence electrons. The number of hydrogen-bond acceptors (Lipinski definition) is 4. The van der Waals surface area contributed by atoms with E-state index >= 15 is 0 Å². The highest BCUT2D eigenvalue weighted by Gasteiger charge is 2.17. The normalized spacial score (nSPS) is 11.2. The van der Waals surface area contributed by atoms with Gasteiger partial charge in [0.05, 0.1) is 16.9 Å². The Bertz CT molecular complexity index is 648. The van der Waals surface area contributed by atoms with Crippen LogP contribution in [0.4, 0.5) is 0 Å². The first-order valence-corrected chi connectivity index (χ1v) is 6.84. The first kappa shape index (κ1) is 12.6. The summed E-state index contributed by atoms with van der Waals surface area (Å²) in [6.07, 6.45) is 1.30. The Labute approximate surface area is 106 Å². The van der Waals surface area contributed by atoms with Crippen molar-refractivity contribution in [1.29, 1.82) is 0 Å². The van der Waals surface area contributed by atoms with Gasteiger partial charge in [-0.15, -0.1) is 0 Å². The zero-order chi connectivity index (χ0) is 13.2. The second kappa shape index (κ2) is 4.78. The van der Waals surface area contributed by atoms with Crippen LogP contribution in [0.2, 0.25) is 0 Å². The van der Waals surface area contributed by atoms with E-state index in [1.165, 1.54) is 25.4 Å². The van der Waals surface area contributed by atoms with Gasteiger partial charge in [0.1, 0.15) is 0 Å². The monoisotopic (exact) mass is 263 g/mol. The van der Waals surface area contributed by atoms with Crippen molar-refractivity contribution in [3.8, 4) is 5.88 Å². The second-order valence-corrected chi connectivity index (χ2v) is 5.81. The molecule has 5 heteroatoms. The Morgan fingerprint density at radius 1 is 1.11 bits per heavy atom. The molecule has 0 aliphatic rings. The van der Waals surface area contributed by atoms with Crippen LogP contribution in [0.1, 0.15) is 5.56 Å². The van der Waals surface area contributed by atoms with Crippen LogP contribution in [0.3, 0.4) is 0 Å². The predicted molar refractivity (Wildman–Crippen MR) is 67.4 cm³/mol. The van der Waals surface area contributed by atoms with Crippen molar-refractivity contribution in [3.63, 3.8) is 0 Å². The molecule has 0 N–H and O–H groups in total. The highest BCUT2D eigenvalue weighted by molar-refractivity contribution is 7.91. The molecule has 0 spiro atoms. The predicted octanol–water partition coefficient (Wildman–Crippen LogP) is 2.23. The summed E-state index contributed by atoms with van der Waals surface area (Å²) >= 11 is 0. The molecule has 0 unspecified atom stereocenters. The van der Waals surface area contributed by atoms with Crippen LogP contribution in [0.15, 0.2) is 52.4 Å². The Kier molecular flexibility index (Phi) is 3.34. The molecule has 2 rings (SSSR count). The average Bonchev–Trinajstić information content (AvgIpc) is 2.39. The largest absolute Gasteiger partial charge is 0.481 e. The number of sulfone groups is 1. The van der Waals surface area contributed by atoms with Crippen LogP contribution >= 0.6 is 0 Å². The van der Waals surface area contributed by atoms with Crippen LogP contribution < -0.4 is 4.74 Å². The molecule has 0 saturated heterocycles. The van der Waals surface area contributed by atoms with Gasteiger partial charge >= 0.3 is 0 Å². The quantitative estimate of drug-likeness (QED) is 0.852. The van der Waals surface area contributed by atoms with E-state index in [4.69, 9.17) is 4.74 Å². The number of ether oxygens (including phenoxy) is 1. The number of aromatic nitrogens is 1. The lowest BCUT2D eigenvalue weighted by atomic mass is 10.2. The molecular formula is C13H13NO3S. The molecule has 0 saturated carbocycles. The zero-order valence-corrected chi connectivity index (χ0v) is 10.9. The fourth-order valence-corrected chi connectivity index (χ4v) is 2.87. The molecule has 0 aliphatic carbocycles. The SMILES string of the molecule is COc1ccc(S(=O)(=O)c2cccc(C)c2)cn1. The first-order chi connectivity index (χ1) is 8.54. The van der Waals surface area contributed by atoms with E-state index in [0.717, 1.165) is 5.56 Å². The van der Waals surface area contributed by atoms with Gasteiger partial charge in [-0.3, -0.25) is 0 Å². The molecule has 1 aromatic carbocycles. The van der Waals surface area contributed by atoms with Crippen molar-refractivity contribution in [2.24, 2.45) is 0 Å². The summed E-state index contributed by atoms with van der Waals surface area (Å²) in [5.41, 5.74) is 0.901. The van der Waals surface area contributed by atoms with Crippen LogP contribution in [-0.4, -0.2) is 20.5 Å². The molecule has 0 radical (unpaired) electrons. The number of pyridine rings is 1. The van der Waals surface area contributed by atoms with E-state index in [1.807, 2.05) is 13.0 Å². The Morgan fingerprint density at radius 3 is 2.44 bits per heavy atom. The highest BCUT2D eigenvalue weighted by atomic mass is 32.2. The van der Waals surface area contributed by atoms with Crippen LogP contribution in [0.25, 0.3) is 0 Å². The number of aryl methyl sites for hydroxylation is 1. The molecule has 1 heterocycles. The maximum atomic E-state index is 12.3. The van der Waals surface area contributed by atoms with E-state index in [2.05, 4.69) is 4.98 Å². The Morgan fingerprint density at radius 2 is 1.89 bits per heavy atom. The maximum absolute atomic E-state index is 12.3. The fraction of sp³-hybridized carbons (Fsp3) is 0.154. The van der Waals surface area contributed by atoms with Gasteiger partial charge < -0.3 is 4.74 Å². The highest BCUT2D eigenvalue weighted by Crippen LogP contribution is 2.21. The summed E-state index contributed by atoms with van der Waals surface area (Å²) in [6, 6.07) is 9.81. The second-order valence-electron chi connectivity index (χ2n) is 3.86. The molecule has 0 fully saturated rings. The minimum absolute atomic E-state index is 0.161. The van der Waals surface area contributed by atoms with Crippen molar-refractivity contribution in [3.05, 3.63) is 48.2 Å². The third kappa shape index (κ3) is 2.36. The van der Waals surface area contributed by atoms with Crippen molar-refractivity contribution < 1.29 is 13.2 Å².